The fourth-order valence-electron chi connectivity index (χ4n) is 2.72. The standard InChI is InChI=1S/C20H27N3O5/c1-5-11-22-17(25)18(26)23(19(22)27)13-16(24)21-10-12-28-15-8-6-14(7-9-15)20(2,3)4/h6-9H,5,10-13H2,1-4H3,(H,21,24). The van der Waals surface area contributed by atoms with Gasteiger partial charge >= 0.3 is 17.8 Å². The highest BCUT2D eigenvalue weighted by Gasteiger charge is 2.44. The van der Waals surface area contributed by atoms with Gasteiger partial charge in [0.05, 0.1) is 6.54 Å². The van der Waals surface area contributed by atoms with Crippen LogP contribution in [-0.4, -0.2) is 59.8 Å². The molecule has 0 unspecified atom stereocenters. The van der Waals surface area contributed by atoms with Crippen molar-refractivity contribution in [3.05, 3.63) is 29.8 Å². The highest BCUT2D eigenvalue weighted by molar-refractivity contribution is 6.45. The lowest BCUT2D eigenvalue weighted by atomic mass is 9.87. The topological polar surface area (TPSA) is 96.0 Å². The number of nitrogens with one attached hydrogen (secondary N) is 1. The molecule has 0 aromatic heterocycles. The van der Waals surface area contributed by atoms with Crippen LogP contribution in [0.4, 0.5) is 4.79 Å². The van der Waals surface area contributed by atoms with Gasteiger partial charge in [-0.3, -0.25) is 19.3 Å². The monoisotopic (exact) mass is 389 g/mol. The van der Waals surface area contributed by atoms with Gasteiger partial charge in [0.25, 0.3) is 0 Å². The molecule has 1 aliphatic heterocycles. The zero-order chi connectivity index (χ0) is 20.9. The lowest BCUT2D eigenvalue weighted by molar-refractivity contribution is -0.144. The summed E-state index contributed by atoms with van der Waals surface area (Å²) in [6.45, 7) is 8.30. The van der Waals surface area contributed by atoms with E-state index in [1.54, 1.807) is 6.92 Å². The minimum Gasteiger partial charge on any atom is -0.492 e. The maximum absolute atomic E-state index is 12.1. The number of benzene rings is 1. The predicted molar refractivity (Wildman–Crippen MR) is 103 cm³/mol. The van der Waals surface area contributed by atoms with Gasteiger partial charge in [-0.25, -0.2) is 9.69 Å². The second-order valence-electron chi connectivity index (χ2n) is 7.60. The largest absolute Gasteiger partial charge is 0.492 e. The van der Waals surface area contributed by atoms with Crippen LogP contribution in [0.25, 0.3) is 0 Å². The summed E-state index contributed by atoms with van der Waals surface area (Å²) in [7, 11) is 0. The molecule has 8 nitrogen and oxygen atoms in total. The number of ether oxygens (including phenoxy) is 1. The zero-order valence-electron chi connectivity index (χ0n) is 16.8. The number of amides is 5. The molecule has 1 N–H and O–H groups in total. The fraction of sp³-hybridized carbons (Fsp3) is 0.500. The number of rotatable bonds is 8. The van der Waals surface area contributed by atoms with Crippen molar-refractivity contribution in [3.8, 4) is 5.75 Å². The summed E-state index contributed by atoms with van der Waals surface area (Å²) in [4.78, 5) is 49.2. The third-order valence-electron chi connectivity index (χ3n) is 4.30. The van der Waals surface area contributed by atoms with Crippen molar-refractivity contribution in [2.45, 2.75) is 39.5 Å². The Hall–Kier alpha value is -2.90. The smallest absolute Gasteiger partial charge is 0.334 e. The number of hydrogen-bond acceptors (Lipinski definition) is 5. The normalized spacial score (nSPS) is 14.6. The van der Waals surface area contributed by atoms with E-state index in [-0.39, 0.29) is 25.1 Å². The van der Waals surface area contributed by atoms with Crippen molar-refractivity contribution >= 4 is 23.8 Å². The Morgan fingerprint density at radius 1 is 1.04 bits per heavy atom. The Labute approximate surface area is 164 Å². The van der Waals surface area contributed by atoms with Crippen LogP contribution in [0.5, 0.6) is 5.75 Å². The molecule has 0 atom stereocenters. The molecule has 28 heavy (non-hydrogen) atoms. The molecule has 0 aliphatic carbocycles. The van der Waals surface area contributed by atoms with Crippen molar-refractivity contribution in [2.24, 2.45) is 0 Å². The van der Waals surface area contributed by atoms with E-state index < -0.39 is 30.3 Å². The lowest BCUT2D eigenvalue weighted by Gasteiger charge is -2.19. The molecular weight excluding hydrogens is 362 g/mol. The summed E-state index contributed by atoms with van der Waals surface area (Å²) in [5, 5.41) is 2.58. The van der Waals surface area contributed by atoms with Gasteiger partial charge in [0.2, 0.25) is 5.91 Å². The third kappa shape index (κ3) is 5.09. The molecule has 1 saturated heterocycles. The van der Waals surface area contributed by atoms with E-state index in [4.69, 9.17) is 4.74 Å². The molecule has 0 spiro atoms. The van der Waals surface area contributed by atoms with E-state index in [0.29, 0.717) is 17.1 Å². The van der Waals surface area contributed by atoms with Crippen molar-refractivity contribution in [1.29, 1.82) is 0 Å². The first-order valence-corrected chi connectivity index (χ1v) is 9.32. The van der Waals surface area contributed by atoms with Crippen LogP contribution in [0.15, 0.2) is 24.3 Å². The Morgan fingerprint density at radius 3 is 2.21 bits per heavy atom. The average molecular weight is 389 g/mol. The minimum absolute atomic E-state index is 0.0606. The van der Waals surface area contributed by atoms with Crippen molar-refractivity contribution in [3.63, 3.8) is 0 Å². The minimum atomic E-state index is -0.969. The van der Waals surface area contributed by atoms with Gasteiger partial charge in [-0.05, 0) is 29.5 Å². The predicted octanol–water partition coefficient (Wildman–Crippen LogP) is 1.68. The molecule has 1 fully saturated rings. The van der Waals surface area contributed by atoms with E-state index in [1.165, 1.54) is 5.56 Å². The summed E-state index contributed by atoms with van der Waals surface area (Å²) in [6.07, 6.45) is 0.541. The van der Waals surface area contributed by atoms with Crippen molar-refractivity contribution < 1.29 is 23.9 Å². The van der Waals surface area contributed by atoms with E-state index in [2.05, 4.69) is 26.1 Å². The highest BCUT2D eigenvalue weighted by atomic mass is 16.5. The Bertz CT molecular complexity index is 752. The van der Waals surface area contributed by atoms with Gasteiger partial charge in [0.15, 0.2) is 0 Å². The first kappa shape index (κ1) is 21.4. The number of carbonyl (C=O) groups excluding carboxylic acids is 4. The van der Waals surface area contributed by atoms with Gasteiger partial charge in [-0.15, -0.1) is 0 Å². The van der Waals surface area contributed by atoms with Crippen LogP contribution in [0.2, 0.25) is 0 Å². The van der Waals surface area contributed by atoms with Crippen LogP contribution in [-0.2, 0) is 19.8 Å². The average Bonchev–Trinajstić information content (AvgIpc) is 2.83. The van der Waals surface area contributed by atoms with Crippen LogP contribution >= 0.6 is 0 Å². The van der Waals surface area contributed by atoms with Crippen LogP contribution < -0.4 is 10.1 Å². The summed E-state index contributed by atoms with van der Waals surface area (Å²) in [6, 6.07) is 6.99. The number of carbonyl (C=O) groups is 4. The van der Waals surface area contributed by atoms with Gasteiger partial charge in [0.1, 0.15) is 18.9 Å². The summed E-state index contributed by atoms with van der Waals surface area (Å²) < 4.78 is 5.58. The molecule has 2 rings (SSSR count). The van der Waals surface area contributed by atoms with Gasteiger partial charge < -0.3 is 10.1 Å². The molecule has 0 bridgehead atoms. The van der Waals surface area contributed by atoms with Crippen molar-refractivity contribution in [1.82, 2.24) is 15.1 Å². The number of nitrogens with zero attached hydrogens (tertiary/aromatic N) is 2. The Kier molecular flexibility index (Phi) is 6.77. The lowest BCUT2D eigenvalue weighted by Crippen LogP contribution is -2.42. The molecular formula is C20H27N3O5. The second-order valence-corrected chi connectivity index (χ2v) is 7.60. The number of urea groups is 1. The molecule has 152 valence electrons. The molecule has 0 radical (unpaired) electrons. The first-order chi connectivity index (χ1) is 13.1. The van der Waals surface area contributed by atoms with Crippen LogP contribution in [0.1, 0.15) is 39.7 Å². The molecule has 1 aromatic carbocycles. The Balaban J connectivity index is 1.76. The van der Waals surface area contributed by atoms with Gasteiger partial charge in [0, 0.05) is 6.54 Å². The zero-order valence-corrected chi connectivity index (χ0v) is 16.8. The summed E-state index contributed by atoms with van der Waals surface area (Å²) >= 11 is 0. The SMILES string of the molecule is CCCN1C(=O)C(=O)N(CC(=O)NCCOc2ccc(C(C)(C)C)cc2)C1=O. The van der Waals surface area contributed by atoms with E-state index >= 15 is 0 Å². The maximum Gasteiger partial charge on any atom is 0.334 e. The molecule has 5 amide bonds. The van der Waals surface area contributed by atoms with E-state index in [0.717, 1.165) is 4.90 Å². The van der Waals surface area contributed by atoms with Gasteiger partial charge in [-0.1, -0.05) is 39.8 Å². The quantitative estimate of drug-likeness (QED) is 0.415. The number of imide groups is 2. The third-order valence-corrected chi connectivity index (χ3v) is 4.30. The van der Waals surface area contributed by atoms with E-state index in [9.17, 15) is 19.2 Å². The molecule has 1 aliphatic rings. The second kappa shape index (κ2) is 8.86. The molecule has 8 heteroatoms. The van der Waals surface area contributed by atoms with Crippen LogP contribution in [0, 0.1) is 0 Å². The summed E-state index contributed by atoms with van der Waals surface area (Å²) in [5.74, 6) is -1.70. The molecule has 0 saturated carbocycles. The highest BCUT2D eigenvalue weighted by Crippen LogP contribution is 2.24. The van der Waals surface area contributed by atoms with E-state index in [1.807, 2.05) is 24.3 Å². The Morgan fingerprint density at radius 2 is 1.64 bits per heavy atom. The first-order valence-electron chi connectivity index (χ1n) is 9.32. The fourth-order valence-corrected chi connectivity index (χ4v) is 2.72. The maximum atomic E-state index is 12.1. The summed E-state index contributed by atoms with van der Waals surface area (Å²) in [5.41, 5.74) is 1.25. The molecule has 1 heterocycles. The van der Waals surface area contributed by atoms with Gasteiger partial charge in [-0.2, -0.15) is 0 Å². The molecule has 1 aromatic rings. The van der Waals surface area contributed by atoms with Crippen molar-refractivity contribution in [2.75, 3.05) is 26.2 Å². The number of hydrogen-bond donors (Lipinski definition) is 1. The van der Waals surface area contributed by atoms with Crippen LogP contribution in [0.3, 0.4) is 0 Å².